The molecule has 2 aromatic carbocycles. The molecule has 0 bridgehead atoms. The lowest BCUT2D eigenvalue weighted by molar-refractivity contribution is -0.141. The van der Waals surface area contributed by atoms with Gasteiger partial charge in [0.05, 0.1) is 12.2 Å². The maximum atomic E-state index is 13.2. The normalized spacial score (nSPS) is 13.6. The second-order valence-electron chi connectivity index (χ2n) is 11.0. The Morgan fingerprint density at radius 3 is 2.00 bits per heavy atom. The Labute approximate surface area is 245 Å². The second kappa shape index (κ2) is 14.7. The molecule has 2 amide bonds. The lowest BCUT2D eigenvalue weighted by Gasteiger charge is -2.36. The Morgan fingerprint density at radius 2 is 1.41 bits per heavy atom. The summed E-state index contributed by atoms with van der Waals surface area (Å²) in [5.74, 6) is 1.15. The molecule has 1 aliphatic rings. The molecule has 0 aliphatic carbocycles. The maximum Gasteiger partial charge on any atom is 0.242 e. The summed E-state index contributed by atoms with van der Waals surface area (Å²) < 4.78 is 0. The van der Waals surface area contributed by atoms with Crippen LogP contribution >= 0.6 is 0 Å². The van der Waals surface area contributed by atoms with Crippen LogP contribution in [0.3, 0.4) is 0 Å². The molecule has 1 fully saturated rings. The third-order valence-corrected chi connectivity index (χ3v) is 7.74. The quantitative estimate of drug-likeness (QED) is 0.323. The Hall–Kier alpha value is -3.78. The van der Waals surface area contributed by atoms with Crippen molar-refractivity contribution in [3.05, 3.63) is 66.7 Å². The Bertz CT molecular complexity index is 1230. The van der Waals surface area contributed by atoms with Crippen LogP contribution < -0.4 is 4.90 Å². The van der Waals surface area contributed by atoms with Crippen molar-refractivity contribution in [1.29, 1.82) is 0 Å². The van der Waals surface area contributed by atoms with Crippen LogP contribution in [-0.2, 0) is 9.59 Å². The molecule has 8 heteroatoms. The van der Waals surface area contributed by atoms with E-state index in [1.807, 2.05) is 49.1 Å². The van der Waals surface area contributed by atoms with E-state index in [9.17, 15) is 9.59 Å². The third-order valence-electron chi connectivity index (χ3n) is 7.74. The SMILES string of the molecule is CCN(CC)CCN(CC(=O)N1CCN(c2ccc(-c3ccc(-c4ccccc4)cc3)nn2)CC1)C(=O)CC(C)C. The first kappa shape index (κ1) is 30.2. The zero-order valence-corrected chi connectivity index (χ0v) is 25.0. The molecule has 2 heterocycles. The predicted molar refractivity (Wildman–Crippen MR) is 166 cm³/mol. The molecule has 0 unspecified atom stereocenters. The van der Waals surface area contributed by atoms with Crippen LogP contribution in [0.5, 0.6) is 0 Å². The molecule has 0 N–H and O–H groups in total. The van der Waals surface area contributed by atoms with E-state index >= 15 is 0 Å². The van der Waals surface area contributed by atoms with Crippen molar-refractivity contribution >= 4 is 17.6 Å². The van der Waals surface area contributed by atoms with E-state index in [0.29, 0.717) is 39.1 Å². The minimum absolute atomic E-state index is 0.0154. The second-order valence-corrected chi connectivity index (χ2v) is 11.0. The summed E-state index contributed by atoms with van der Waals surface area (Å²) in [7, 11) is 0. The standard InChI is InChI=1S/C33H44N6O2/c1-5-36(6-2)18-19-39(32(40)24-26(3)4)25-33(41)38-22-20-37(21-23-38)31-17-16-30(34-35-31)29-14-12-28(13-15-29)27-10-8-7-9-11-27/h7-17,26H,5-6,18-25H2,1-4H3. The minimum atomic E-state index is 0.0154. The van der Waals surface area contributed by atoms with Crippen molar-refractivity contribution < 1.29 is 9.59 Å². The smallest absolute Gasteiger partial charge is 0.242 e. The average Bonchev–Trinajstić information content (AvgIpc) is 3.01. The molecule has 1 saturated heterocycles. The van der Waals surface area contributed by atoms with Gasteiger partial charge in [-0.1, -0.05) is 82.3 Å². The number of piperazine rings is 1. The molecule has 0 spiro atoms. The zero-order valence-electron chi connectivity index (χ0n) is 25.0. The summed E-state index contributed by atoms with van der Waals surface area (Å²) in [5.41, 5.74) is 4.21. The van der Waals surface area contributed by atoms with Gasteiger partial charge in [-0.3, -0.25) is 9.59 Å². The highest BCUT2D eigenvalue weighted by Gasteiger charge is 2.26. The highest BCUT2D eigenvalue weighted by Crippen LogP contribution is 2.24. The number of hydrogen-bond donors (Lipinski definition) is 0. The number of amides is 2. The fourth-order valence-corrected chi connectivity index (χ4v) is 5.13. The lowest BCUT2D eigenvalue weighted by Crippen LogP contribution is -2.52. The molecule has 1 aromatic heterocycles. The monoisotopic (exact) mass is 556 g/mol. The van der Waals surface area contributed by atoms with Gasteiger partial charge in [0.15, 0.2) is 5.82 Å². The highest BCUT2D eigenvalue weighted by atomic mass is 16.2. The zero-order chi connectivity index (χ0) is 29.2. The van der Waals surface area contributed by atoms with E-state index in [2.05, 4.69) is 70.2 Å². The number of nitrogens with zero attached hydrogens (tertiary/aromatic N) is 6. The lowest BCUT2D eigenvalue weighted by atomic mass is 10.0. The molecule has 218 valence electrons. The van der Waals surface area contributed by atoms with Crippen LogP contribution in [0.25, 0.3) is 22.4 Å². The molecule has 4 rings (SSSR count). The van der Waals surface area contributed by atoms with Gasteiger partial charge in [-0.2, -0.15) is 0 Å². The summed E-state index contributed by atoms with van der Waals surface area (Å²) in [6.45, 7) is 14.3. The third kappa shape index (κ3) is 8.36. The summed E-state index contributed by atoms with van der Waals surface area (Å²) in [6, 6.07) is 22.7. The van der Waals surface area contributed by atoms with Crippen molar-refractivity contribution in [2.75, 3.05) is 63.8 Å². The van der Waals surface area contributed by atoms with Gasteiger partial charge in [0.1, 0.15) is 0 Å². The van der Waals surface area contributed by atoms with Crippen LogP contribution in [0.4, 0.5) is 5.82 Å². The van der Waals surface area contributed by atoms with Gasteiger partial charge in [-0.15, -0.1) is 10.2 Å². The minimum Gasteiger partial charge on any atom is -0.352 e. The van der Waals surface area contributed by atoms with Crippen LogP contribution in [0.15, 0.2) is 66.7 Å². The van der Waals surface area contributed by atoms with Gasteiger partial charge >= 0.3 is 0 Å². The summed E-state index contributed by atoms with van der Waals surface area (Å²) in [4.78, 5) is 34.2. The largest absolute Gasteiger partial charge is 0.352 e. The molecule has 8 nitrogen and oxygen atoms in total. The summed E-state index contributed by atoms with van der Waals surface area (Å²) >= 11 is 0. The molecule has 0 atom stereocenters. The fourth-order valence-electron chi connectivity index (χ4n) is 5.13. The van der Waals surface area contributed by atoms with Crippen molar-refractivity contribution in [2.24, 2.45) is 5.92 Å². The molecule has 0 radical (unpaired) electrons. The topological polar surface area (TPSA) is 72.9 Å². The van der Waals surface area contributed by atoms with Crippen LogP contribution in [-0.4, -0.2) is 95.6 Å². The fraction of sp³-hybridized carbons (Fsp3) is 0.455. The van der Waals surface area contributed by atoms with E-state index in [0.717, 1.165) is 36.7 Å². The molecule has 1 aliphatic heterocycles. The van der Waals surface area contributed by atoms with E-state index in [1.54, 1.807) is 4.90 Å². The van der Waals surface area contributed by atoms with Crippen molar-refractivity contribution in [3.8, 4) is 22.4 Å². The first-order valence-electron chi connectivity index (χ1n) is 14.9. The van der Waals surface area contributed by atoms with Crippen LogP contribution in [0, 0.1) is 5.92 Å². The van der Waals surface area contributed by atoms with Gasteiger partial charge in [-0.25, -0.2) is 0 Å². The maximum absolute atomic E-state index is 13.2. The molecule has 3 aromatic rings. The first-order chi connectivity index (χ1) is 19.9. The Morgan fingerprint density at radius 1 is 0.780 bits per heavy atom. The van der Waals surface area contributed by atoms with Gasteiger partial charge in [-0.05, 0) is 42.3 Å². The summed E-state index contributed by atoms with van der Waals surface area (Å²) in [5, 5.41) is 8.99. The Kier molecular flexibility index (Phi) is 10.8. The number of aromatic nitrogens is 2. The van der Waals surface area contributed by atoms with Crippen LogP contribution in [0.2, 0.25) is 0 Å². The number of rotatable bonds is 12. The van der Waals surface area contributed by atoms with E-state index in [-0.39, 0.29) is 24.3 Å². The van der Waals surface area contributed by atoms with Gasteiger partial charge in [0.25, 0.3) is 0 Å². The van der Waals surface area contributed by atoms with Gasteiger partial charge < -0.3 is 19.6 Å². The van der Waals surface area contributed by atoms with E-state index in [1.165, 1.54) is 11.1 Å². The average molecular weight is 557 g/mol. The number of carbonyl (C=O) groups is 2. The van der Waals surface area contributed by atoms with Crippen molar-refractivity contribution in [2.45, 2.75) is 34.1 Å². The number of benzene rings is 2. The Balaban J connectivity index is 1.31. The van der Waals surface area contributed by atoms with Crippen LogP contribution in [0.1, 0.15) is 34.1 Å². The van der Waals surface area contributed by atoms with Gasteiger partial charge in [0, 0.05) is 51.3 Å². The number of carbonyl (C=O) groups excluding carboxylic acids is 2. The van der Waals surface area contributed by atoms with Crippen molar-refractivity contribution in [3.63, 3.8) is 0 Å². The predicted octanol–water partition coefficient (Wildman–Crippen LogP) is 4.68. The number of hydrogen-bond acceptors (Lipinski definition) is 6. The van der Waals surface area contributed by atoms with E-state index in [4.69, 9.17) is 0 Å². The molecular weight excluding hydrogens is 512 g/mol. The summed E-state index contributed by atoms with van der Waals surface area (Å²) in [6.07, 6.45) is 0.463. The highest BCUT2D eigenvalue weighted by molar-refractivity contribution is 5.85. The number of likely N-dealkylation sites (N-methyl/N-ethyl adjacent to an activating group) is 1. The van der Waals surface area contributed by atoms with Crippen molar-refractivity contribution in [1.82, 2.24) is 24.9 Å². The van der Waals surface area contributed by atoms with E-state index < -0.39 is 0 Å². The molecular formula is C33H44N6O2. The number of anilines is 1. The molecule has 41 heavy (non-hydrogen) atoms. The molecule has 0 saturated carbocycles. The first-order valence-corrected chi connectivity index (χ1v) is 14.9. The van der Waals surface area contributed by atoms with Gasteiger partial charge in [0.2, 0.25) is 11.8 Å².